The van der Waals surface area contributed by atoms with Crippen LogP contribution in [0.1, 0.15) is 21.1 Å². The van der Waals surface area contributed by atoms with Crippen molar-refractivity contribution in [2.24, 2.45) is 0 Å². The maximum absolute atomic E-state index is 12.9. The van der Waals surface area contributed by atoms with Crippen molar-refractivity contribution in [3.05, 3.63) is 64.8 Å². The first-order valence-electron chi connectivity index (χ1n) is 8.58. The average molecular weight is 401 g/mol. The molecule has 3 heterocycles. The van der Waals surface area contributed by atoms with Gasteiger partial charge in [-0.2, -0.15) is 0 Å². The van der Waals surface area contributed by atoms with Gasteiger partial charge in [-0.05, 0) is 36.4 Å². The van der Waals surface area contributed by atoms with Crippen molar-refractivity contribution in [3.8, 4) is 5.75 Å². The summed E-state index contributed by atoms with van der Waals surface area (Å²) in [6, 6.07) is 8.73. The Balaban J connectivity index is 1.35. The number of halogens is 1. The summed E-state index contributed by atoms with van der Waals surface area (Å²) in [6.07, 6.45) is 2.03. The van der Waals surface area contributed by atoms with Gasteiger partial charge in [0.25, 0.3) is 11.8 Å². The number of fused-ring (bicyclic) bond motifs is 1. The predicted molar refractivity (Wildman–Crippen MR) is 99.8 cm³/mol. The average Bonchev–Trinajstić information content (AvgIpc) is 3.36. The van der Waals surface area contributed by atoms with Crippen molar-refractivity contribution in [2.45, 2.75) is 13.0 Å². The fraction of sp³-hybridized carbons (Fsp3) is 0.211. The minimum atomic E-state index is -0.364. The van der Waals surface area contributed by atoms with Gasteiger partial charge in [0.2, 0.25) is 0 Å². The summed E-state index contributed by atoms with van der Waals surface area (Å²) < 4.78 is 23.4. The lowest BCUT2D eigenvalue weighted by Gasteiger charge is -2.26. The van der Waals surface area contributed by atoms with Crippen LogP contribution in [-0.2, 0) is 17.8 Å². The van der Waals surface area contributed by atoms with E-state index in [0.717, 1.165) is 10.6 Å². The first-order chi connectivity index (χ1) is 13.6. The molecule has 1 N–H and O–H groups in total. The van der Waals surface area contributed by atoms with Crippen LogP contribution in [0.2, 0.25) is 0 Å². The van der Waals surface area contributed by atoms with Gasteiger partial charge in [-0.3, -0.25) is 14.9 Å². The standard InChI is InChI=1S/C19H16FN3O4S/c20-12-3-5-13(6-4-12)27-11-17(24)23-8-7-14-16(10-23)28-19(21-14)22-18(25)15-2-1-9-26-15/h1-6,9H,7-8,10-11H2,(H,21,22,25). The molecule has 1 aliphatic heterocycles. The van der Waals surface area contributed by atoms with E-state index in [0.29, 0.717) is 30.4 Å². The second-order valence-electron chi connectivity index (χ2n) is 6.13. The van der Waals surface area contributed by atoms with Gasteiger partial charge in [0, 0.05) is 17.8 Å². The first kappa shape index (κ1) is 18.2. The monoisotopic (exact) mass is 401 g/mol. The summed E-state index contributed by atoms with van der Waals surface area (Å²) in [7, 11) is 0. The maximum Gasteiger partial charge on any atom is 0.293 e. The summed E-state index contributed by atoms with van der Waals surface area (Å²) in [4.78, 5) is 31.5. The van der Waals surface area contributed by atoms with Crippen molar-refractivity contribution in [2.75, 3.05) is 18.5 Å². The number of furan rings is 1. The van der Waals surface area contributed by atoms with Gasteiger partial charge < -0.3 is 14.1 Å². The SMILES string of the molecule is O=C(Nc1nc2c(s1)CN(C(=O)COc1ccc(F)cc1)CC2)c1ccco1. The highest BCUT2D eigenvalue weighted by Crippen LogP contribution is 2.28. The number of benzene rings is 1. The lowest BCUT2D eigenvalue weighted by molar-refractivity contribution is -0.134. The molecule has 0 bridgehead atoms. The highest BCUT2D eigenvalue weighted by atomic mass is 32.1. The number of anilines is 1. The first-order valence-corrected chi connectivity index (χ1v) is 9.40. The minimum absolute atomic E-state index is 0.123. The lowest BCUT2D eigenvalue weighted by Crippen LogP contribution is -2.38. The highest BCUT2D eigenvalue weighted by molar-refractivity contribution is 7.15. The number of hydrogen-bond donors (Lipinski definition) is 1. The molecular weight excluding hydrogens is 385 g/mol. The molecule has 0 radical (unpaired) electrons. The Morgan fingerprint density at radius 3 is 2.86 bits per heavy atom. The molecule has 0 saturated heterocycles. The van der Waals surface area contributed by atoms with Gasteiger partial charge in [0.15, 0.2) is 17.5 Å². The Morgan fingerprint density at radius 2 is 2.11 bits per heavy atom. The molecule has 28 heavy (non-hydrogen) atoms. The van der Waals surface area contributed by atoms with Gasteiger partial charge in [0.05, 0.1) is 18.5 Å². The Kier molecular flexibility index (Phi) is 5.07. The molecule has 0 atom stereocenters. The van der Waals surface area contributed by atoms with E-state index in [1.807, 2.05) is 0 Å². The summed E-state index contributed by atoms with van der Waals surface area (Å²) in [6.45, 7) is 0.811. The summed E-state index contributed by atoms with van der Waals surface area (Å²) >= 11 is 1.34. The van der Waals surface area contributed by atoms with E-state index in [2.05, 4.69) is 10.3 Å². The molecule has 2 amide bonds. The number of aromatic nitrogens is 1. The van der Waals surface area contributed by atoms with Gasteiger partial charge in [-0.15, -0.1) is 0 Å². The molecule has 9 heteroatoms. The summed E-state index contributed by atoms with van der Waals surface area (Å²) in [5.74, 6) is -0.236. The molecule has 4 rings (SSSR count). The molecule has 0 unspecified atom stereocenters. The number of hydrogen-bond acceptors (Lipinski definition) is 6. The Hall–Kier alpha value is -3.20. The van der Waals surface area contributed by atoms with Crippen molar-refractivity contribution < 1.29 is 23.1 Å². The molecule has 3 aromatic rings. The lowest BCUT2D eigenvalue weighted by atomic mass is 10.2. The second-order valence-corrected chi connectivity index (χ2v) is 7.21. The largest absolute Gasteiger partial charge is 0.484 e. The number of thiazole rings is 1. The number of amides is 2. The van der Waals surface area contributed by atoms with Crippen LogP contribution in [0.5, 0.6) is 5.75 Å². The number of nitrogens with zero attached hydrogens (tertiary/aromatic N) is 2. The van der Waals surface area contributed by atoms with Crippen LogP contribution in [-0.4, -0.2) is 34.8 Å². The third kappa shape index (κ3) is 4.04. The van der Waals surface area contributed by atoms with E-state index >= 15 is 0 Å². The zero-order valence-corrected chi connectivity index (χ0v) is 15.5. The smallest absolute Gasteiger partial charge is 0.293 e. The third-order valence-corrected chi connectivity index (χ3v) is 5.22. The number of nitrogens with one attached hydrogen (secondary N) is 1. The van der Waals surface area contributed by atoms with E-state index in [-0.39, 0.29) is 30.0 Å². The highest BCUT2D eigenvalue weighted by Gasteiger charge is 2.25. The molecule has 1 aromatic carbocycles. The molecule has 144 valence electrons. The second kappa shape index (κ2) is 7.81. The van der Waals surface area contributed by atoms with E-state index in [1.165, 1.54) is 41.9 Å². The Labute approximate surface area is 163 Å². The molecule has 2 aromatic heterocycles. The molecule has 0 aliphatic carbocycles. The molecular formula is C19H16FN3O4S. The quantitative estimate of drug-likeness (QED) is 0.710. The van der Waals surface area contributed by atoms with Crippen LogP contribution in [0.4, 0.5) is 9.52 Å². The number of carbonyl (C=O) groups is 2. The van der Waals surface area contributed by atoms with E-state index in [1.54, 1.807) is 17.0 Å². The van der Waals surface area contributed by atoms with Crippen LogP contribution in [0.3, 0.4) is 0 Å². The molecule has 1 aliphatic rings. The number of rotatable bonds is 5. The van der Waals surface area contributed by atoms with Gasteiger partial charge >= 0.3 is 0 Å². The fourth-order valence-electron chi connectivity index (χ4n) is 2.80. The zero-order chi connectivity index (χ0) is 19.5. The summed E-state index contributed by atoms with van der Waals surface area (Å²) in [5, 5.41) is 3.19. The fourth-order valence-corrected chi connectivity index (χ4v) is 3.81. The van der Waals surface area contributed by atoms with E-state index in [9.17, 15) is 14.0 Å². The molecule has 7 nitrogen and oxygen atoms in total. The predicted octanol–water partition coefficient (Wildman–Crippen LogP) is 3.09. The third-order valence-electron chi connectivity index (χ3n) is 4.23. The molecule has 0 saturated carbocycles. The summed E-state index contributed by atoms with van der Waals surface area (Å²) in [5.41, 5.74) is 0.878. The van der Waals surface area contributed by atoms with Crippen LogP contribution < -0.4 is 10.1 Å². The van der Waals surface area contributed by atoms with Crippen molar-refractivity contribution in [3.63, 3.8) is 0 Å². The maximum atomic E-state index is 12.9. The Morgan fingerprint density at radius 1 is 1.29 bits per heavy atom. The van der Waals surface area contributed by atoms with Crippen LogP contribution >= 0.6 is 11.3 Å². The minimum Gasteiger partial charge on any atom is -0.484 e. The molecule has 0 fully saturated rings. The van der Waals surface area contributed by atoms with Crippen molar-refractivity contribution >= 4 is 28.3 Å². The number of ether oxygens (including phenoxy) is 1. The van der Waals surface area contributed by atoms with Crippen LogP contribution in [0.15, 0.2) is 47.1 Å². The Bertz CT molecular complexity index is 985. The molecule has 0 spiro atoms. The zero-order valence-electron chi connectivity index (χ0n) is 14.7. The van der Waals surface area contributed by atoms with Crippen molar-refractivity contribution in [1.82, 2.24) is 9.88 Å². The van der Waals surface area contributed by atoms with Crippen LogP contribution in [0, 0.1) is 5.82 Å². The normalized spacial score (nSPS) is 13.1. The van der Waals surface area contributed by atoms with E-state index in [4.69, 9.17) is 9.15 Å². The van der Waals surface area contributed by atoms with E-state index < -0.39 is 0 Å². The van der Waals surface area contributed by atoms with Gasteiger partial charge in [-0.1, -0.05) is 11.3 Å². The van der Waals surface area contributed by atoms with Crippen molar-refractivity contribution in [1.29, 1.82) is 0 Å². The van der Waals surface area contributed by atoms with Crippen LogP contribution in [0.25, 0.3) is 0 Å². The topological polar surface area (TPSA) is 84.7 Å². The number of carbonyl (C=O) groups excluding carboxylic acids is 2. The van der Waals surface area contributed by atoms with Gasteiger partial charge in [0.1, 0.15) is 11.6 Å². The van der Waals surface area contributed by atoms with Gasteiger partial charge in [-0.25, -0.2) is 9.37 Å².